The zero-order valence-corrected chi connectivity index (χ0v) is 15.5. The Hall–Kier alpha value is -3.42. The second kappa shape index (κ2) is 8.31. The van der Waals surface area contributed by atoms with Crippen LogP contribution in [-0.4, -0.2) is 39.3 Å². The predicted molar refractivity (Wildman–Crippen MR) is 101 cm³/mol. The third kappa shape index (κ3) is 4.22. The molecule has 1 heterocycles. The molecule has 0 spiro atoms. The van der Waals surface area contributed by atoms with Crippen molar-refractivity contribution in [2.24, 2.45) is 0 Å². The second-order valence-corrected chi connectivity index (χ2v) is 5.74. The van der Waals surface area contributed by atoms with Crippen LogP contribution >= 0.6 is 0 Å². The molecule has 0 aliphatic carbocycles. The molecule has 0 radical (unpaired) electrons. The first-order chi connectivity index (χ1) is 13.1. The van der Waals surface area contributed by atoms with Crippen molar-refractivity contribution in [3.05, 3.63) is 53.9 Å². The Kier molecular flexibility index (Phi) is 5.65. The van der Waals surface area contributed by atoms with Gasteiger partial charge in [-0.15, -0.1) is 5.10 Å². The highest BCUT2D eigenvalue weighted by Gasteiger charge is 2.12. The number of carbonyl (C=O) groups excluding carboxylic acids is 1. The number of nitrogens with zero attached hydrogens (tertiary/aromatic N) is 4. The lowest BCUT2D eigenvalue weighted by Crippen LogP contribution is -2.13. The lowest BCUT2D eigenvalue weighted by Gasteiger charge is -2.13. The number of aromatic nitrogens is 4. The second-order valence-electron chi connectivity index (χ2n) is 5.74. The van der Waals surface area contributed by atoms with E-state index in [0.717, 1.165) is 11.3 Å². The molecule has 0 fully saturated rings. The van der Waals surface area contributed by atoms with Crippen molar-refractivity contribution in [2.75, 3.05) is 18.5 Å². The van der Waals surface area contributed by atoms with Crippen molar-refractivity contribution in [1.82, 2.24) is 20.2 Å². The Morgan fingerprint density at radius 1 is 1.07 bits per heavy atom. The normalized spacial score (nSPS) is 10.5. The van der Waals surface area contributed by atoms with Gasteiger partial charge in [-0.2, -0.15) is 0 Å². The van der Waals surface area contributed by atoms with Gasteiger partial charge in [0.25, 0.3) is 5.91 Å². The highest BCUT2D eigenvalue weighted by atomic mass is 16.5. The number of hydrogen-bond donors (Lipinski definition) is 1. The van der Waals surface area contributed by atoms with Gasteiger partial charge in [0.2, 0.25) is 0 Å². The summed E-state index contributed by atoms with van der Waals surface area (Å²) in [6.45, 7) is 6.76. The van der Waals surface area contributed by atoms with E-state index in [1.165, 1.54) is 6.33 Å². The summed E-state index contributed by atoms with van der Waals surface area (Å²) in [7, 11) is 0. The number of tetrazole rings is 1. The first-order valence-electron chi connectivity index (χ1n) is 8.67. The topological polar surface area (TPSA) is 91.2 Å². The van der Waals surface area contributed by atoms with E-state index in [0.29, 0.717) is 36.0 Å². The van der Waals surface area contributed by atoms with Crippen molar-refractivity contribution >= 4 is 11.6 Å². The molecule has 3 rings (SSSR count). The van der Waals surface area contributed by atoms with Crippen LogP contribution in [0.15, 0.2) is 42.7 Å². The molecule has 8 heteroatoms. The van der Waals surface area contributed by atoms with Crippen LogP contribution in [0.5, 0.6) is 11.5 Å². The van der Waals surface area contributed by atoms with Gasteiger partial charge in [-0.05, 0) is 67.1 Å². The van der Waals surface area contributed by atoms with Gasteiger partial charge in [0, 0.05) is 17.3 Å². The summed E-state index contributed by atoms with van der Waals surface area (Å²) in [5.74, 6) is 1.04. The van der Waals surface area contributed by atoms with Gasteiger partial charge in [0.15, 0.2) is 11.5 Å². The fourth-order valence-electron chi connectivity index (χ4n) is 2.66. The Bertz CT molecular complexity index is 925. The van der Waals surface area contributed by atoms with E-state index >= 15 is 0 Å². The SMILES string of the molecule is CCOc1ccc(NC(=O)c2ccc(-n3cnnn3)c(C)c2)cc1OCC. The summed E-state index contributed by atoms with van der Waals surface area (Å²) in [5.41, 5.74) is 2.87. The van der Waals surface area contributed by atoms with Crippen LogP contribution in [-0.2, 0) is 0 Å². The maximum absolute atomic E-state index is 12.6. The van der Waals surface area contributed by atoms with Gasteiger partial charge in [0.05, 0.1) is 18.9 Å². The number of nitrogens with one attached hydrogen (secondary N) is 1. The van der Waals surface area contributed by atoms with E-state index in [1.54, 1.807) is 35.0 Å². The number of anilines is 1. The minimum atomic E-state index is -0.215. The maximum atomic E-state index is 12.6. The lowest BCUT2D eigenvalue weighted by atomic mass is 10.1. The standard InChI is InChI=1S/C19H21N5O3/c1-4-26-17-9-7-15(11-18(17)27-5-2)21-19(25)14-6-8-16(13(3)10-14)24-12-20-22-23-24/h6-12H,4-5H2,1-3H3,(H,21,25). The molecule has 1 aromatic heterocycles. The summed E-state index contributed by atoms with van der Waals surface area (Å²) >= 11 is 0. The Morgan fingerprint density at radius 3 is 2.52 bits per heavy atom. The minimum Gasteiger partial charge on any atom is -0.490 e. The molecule has 1 N–H and O–H groups in total. The fraction of sp³-hybridized carbons (Fsp3) is 0.263. The average molecular weight is 367 g/mol. The van der Waals surface area contributed by atoms with Crippen LogP contribution in [0.1, 0.15) is 29.8 Å². The molecule has 3 aromatic rings. The van der Waals surface area contributed by atoms with Gasteiger partial charge in [-0.3, -0.25) is 4.79 Å². The Morgan fingerprint density at radius 2 is 1.85 bits per heavy atom. The van der Waals surface area contributed by atoms with Crippen LogP contribution in [0, 0.1) is 6.92 Å². The van der Waals surface area contributed by atoms with Crippen molar-refractivity contribution in [3.8, 4) is 17.2 Å². The van der Waals surface area contributed by atoms with Crippen LogP contribution in [0.2, 0.25) is 0 Å². The van der Waals surface area contributed by atoms with Gasteiger partial charge in [0.1, 0.15) is 6.33 Å². The molecule has 2 aromatic carbocycles. The molecule has 0 unspecified atom stereocenters. The molecule has 0 atom stereocenters. The maximum Gasteiger partial charge on any atom is 0.255 e. The number of amides is 1. The molecule has 1 amide bonds. The van der Waals surface area contributed by atoms with Crippen molar-refractivity contribution in [1.29, 1.82) is 0 Å². The van der Waals surface area contributed by atoms with E-state index < -0.39 is 0 Å². The van der Waals surface area contributed by atoms with E-state index in [9.17, 15) is 4.79 Å². The van der Waals surface area contributed by atoms with Crippen LogP contribution in [0.4, 0.5) is 5.69 Å². The molecular formula is C19H21N5O3. The van der Waals surface area contributed by atoms with Crippen molar-refractivity contribution in [2.45, 2.75) is 20.8 Å². The predicted octanol–water partition coefficient (Wildman–Crippen LogP) is 3.02. The average Bonchev–Trinajstić information content (AvgIpc) is 3.18. The third-order valence-corrected chi connectivity index (χ3v) is 3.86. The molecule has 27 heavy (non-hydrogen) atoms. The summed E-state index contributed by atoms with van der Waals surface area (Å²) in [5, 5.41) is 14.0. The highest BCUT2D eigenvalue weighted by molar-refractivity contribution is 6.04. The molecule has 0 aliphatic heterocycles. The van der Waals surface area contributed by atoms with E-state index in [4.69, 9.17) is 9.47 Å². The first-order valence-corrected chi connectivity index (χ1v) is 8.67. The molecular weight excluding hydrogens is 346 g/mol. The first kappa shape index (κ1) is 18.4. The van der Waals surface area contributed by atoms with Crippen LogP contribution in [0.3, 0.4) is 0 Å². The van der Waals surface area contributed by atoms with Gasteiger partial charge in [-0.1, -0.05) is 0 Å². The monoisotopic (exact) mass is 367 g/mol. The minimum absolute atomic E-state index is 0.215. The van der Waals surface area contributed by atoms with E-state index in [-0.39, 0.29) is 5.91 Å². The lowest BCUT2D eigenvalue weighted by molar-refractivity contribution is 0.102. The summed E-state index contributed by atoms with van der Waals surface area (Å²) < 4.78 is 12.7. The van der Waals surface area contributed by atoms with E-state index in [2.05, 4.69) is 20.8 Å². The largest absolute Gasteiger partial charge is 0.490 e. The van der Waals surface area contributed by atoms with Crippen LogP contribution < -0.4 is 14.8 Å². The Labute approximate surface area is 157 Å². The number of ether oxygens (including phenoxy) is 2. The fourth-order valence-corrected chi connectivity index (χ4v) is 2.66. The van der Waals surface area contributed by atoms with Crippen molar-refractivity contribution in [3.63, 3.8) is 0 Å². The molecule has 0 aliphatic rings. The molecule has 140 valence electrons. The van der Waals surface area contributed by atoms with Crippen LogP contribution in [0.25, 0.3) is 5.69 Å². The highest BCUT2D eigenvalue weighted by Crippen LogP contribution is 2.31. The zero-order chi connectivity index (χ0) is 19.2. The summed E-state index contributed by atoms with van der Waals surface area (Å²) in [6.07, 6.45) is 1.51. The summed E-state index contributed by atoms with van der Waals surface area (Å²) in [4.78, 5) is 12.6. The van der Waals surface area contributed by atoms with Gasteiger partial charge < -0.3 is 14.8 Å². The molecule has 0 bridgehead atoms. The smallest absolute Gasteiger partial charge is 0.255 e. The molecule has 0 saturated carbocycles. The van der Waals surface area contributed by atoms with Crippen molar-refractivity contribution < 1.29 is 14.3 Å². The number of carbonyl (C=O) groups is 1. The number of benzene rings is 2. The quantitative estimate of drug-likeness (QED) is 0.690. The van der Waals surface area contributed by atoms with Gasteiger partial charge >= 0.3 is 0 Å². The van der Waals surface area contributed by atoms with E-state index in [1.807, 2.05) is 26.8 Å². The van der Waals surface area contributed by atoms with Gasteiger partial charge in [-0.25, -0.2) is 4.68 Å². The number of rotatable bonds is 7. The molecule has 8 nitrogen and oxygen atoms in total. The number of aryl methyl sites for hydroxylation is 1. The summed E-state index contributed by atoms with van der Waals surface area (Å²) in [6, 6.07) is 10.7. The third-order valence-electron chi connectivity index (χ3n) is 3.86. The zero-order valence-electron chi connectivity index (χ0n) is 15.5. The number of hydrogen-bond acceptors (Lipinski definition) is 6. The Balaban J connectivity index is 1.79. The molecule has 0 saturated heterocycles.